The van der Waals surface area contributed by atoms with Crippen LogP contribution in [0.5, 0.6) is 0 Å². The van der Waals surface area contributed by atoms with Gasteiger partial charge in [0.25, 0.3) is 0 Å². The number of amides is 1. The number of rotatable bonds is 2. The van der Waals surface area contributed by atoms with Crippen LogP contribution in [0.2, 0.25) is 0 Å². The van der Waals surface area contributed by atoms with Crippen LogP contribution in [0.3, 0.4) is 0 Å². The van der Waals surface area contributed by atoms with E-state index in [1.807, 2.05) is 0 Å². The van der Waals surface area contributed by atoms with Crippen molar-refractivity contribution in [2.24, 2.45) is 0 Å². The summed E-state index contributed by atoms with van der Waals surface area (Å²) in [5.41, 5.74) is -0.0757. The summed E-state index contributed by atoms with van der Waals surface area (Å²) in [4.78, 5) is 12.1. The average Bonchev–Trinajstić information content (AvgIpc) is 2.82. The maximum absolute atomic E-state index is 12.5. The Morgan fingerprint density at radius 3 is 2.30 bits per heavy atom. The smallest absolute Gasteiger partial charge is 0.416 e. The van der Waals surface area contributed by atoms with Crippen molar-refractivity contribution in [1.29, 1.82) is 0 Å². The monoisotopic (exact) mass is 289 g/mol. The van der Waals surface area contributed by atoms with Crippen molar-refractivity contribution in [3.05, 3.63) is 35.4 Å². The van der Waals surface area contributed by atoms with Crippen LogP contribution in [0.15, 0.2) is 24.3 Å². The van der Waals surface area contributed by atoms with E-state index >= 15 is 0 Å². The number of hydrogen-bond acceptors (Lipinski definition) is 2. The first-order valence-corrected chi connectivity index (χ1v) is 6.10. The Kier molecular flexibility index (Phi) is 3.89. The maximum atomic E-state index is 12.5. The van der Waals surface area contributed by atoms with Crippen molar-refractivity contribution < 1.29 is 28.2 Å². The fraction of sp³-hybridized carbons (Fsp3) is 0.462. The lowest BCUT2D eigenvalue weighted by Gasteiger charge is -2.18. The van der Waals surface area contributed by atoms with Gasteiger partial charge < -0.3 is 15.1 Å². The van der Waals surface area contributed by atoms with Crippen molar-refractivity contribution in [2.45, 2.75) is 24.6 Å². The molecule has 20 heavy (non-hydrogen) atoms. The molecule has 2 N–H and O–H groups in total. The number of alkyl halides is 3. The van der Waals surface area contributed by atoms with E-state index in [2.05, 4.69) is 0 Å². The number of hydrogen-bond donors (Lipinski definition) is 2. The summed E-state index contributed by atoms with van der Waals surface area (Å²) in [6.07, 6.45) is -5.10. The highest BCUT2D eigenvalue weighted by molar-refractivity contribution is 5.66. The average molecular weight is 289 g/mol. The van der Waals surface area contributed by atoms with Gasteiger partial charge in [0.2, 0.25) is 0 Å². The Morgan fingerprint density at radius 2 is 1.90 bits per heavy atom. The molecule has 1 aliphatic rings. The number of carboxylic acid groups (broad SMARTS) is 1. The van der Waals surface area contributed by atoms with E-state index in [4.69, 9.17) is 10.2 Å². The quantitative estimate of drug-likeness (QED) is 0.879. The third-order valence-corrected chi connectivity index (χ3v) is 3.58. The number of carbonyl (C=O) groups is 1. The number of aliphatic hydroxyl groups is 1. The molecule has 0 radical (unpaired) electrons. The van der Waals surface area contributed by atoms with Gasteiger partial charge in [0, 0.05) is 12.5 Å². The number of benzene rings is 1. The second-order valence-electron chi connectivity index (χ2n) is 4.82. The summed E-state index contributed by atoms with van der Waals surface area (Å²) in [5, 5.41) is 18.1. The number of nitrogens with zero attached hydrogens (tertiary/aromatic N) is 1. The molecular formula is C13H14F3NO3. The molecule has 110 valence electrons. The van der Waals surface area contributed by atoms with E-state index in [-0.39, 0.29) is 19.1 Å². The largest absolute Gasteiger partial charge is 0.465 e. The molecule has 0 spiro atoms. The molecular weight excluding hydrogens is 275 g/mol. The molecule has 0 aliphatic carbocycles. The molecule has 1 saturated heterocycles. The zero-order valence-corrected chi connectivity index (χ0v) is 10.5. The van der Waals surface area contributed by atoms with Gasteiger partial charge in [-0.2, -0.15) is 13.2 Å². The van der Waals surface area contributed by atoms with E-state index in [1.54, 1.807) is 0 Å². The first-order valence-electron chi connectivity index (χ1n) is 6.10. The molecule has 1 aromatic rings. The van der Waals surface area contributed by atoms with Crippen LogP contribution in [0.4, 0.5) is 18.0 Å². The van der Waals surface area contributed by atoms with Crippen LogP contribution in [-0.2, 0) is 6.18 Å². The summed E-state index contributed by atoms with van der Waals surface area (Å²) < 4.78 is 37.4. The summed E-state index contributed by atoms with van der Waals surface area (Å²) in [6.45, 7) is -0.102. The predicted molar refractivity (Wildman–Crippen MR) is 64.4 cm³/mol. The summed E-state index contributed by atoms with van der Waals surface area (Å²) in [5.74, 6) is -0.189. The maximum Gasteiger partial charge on any atom is 0.416 e. The van der Waals surface area contributed by atoms with Gasteiger partial charge in [0.15, 0.2) is 0 Å². The minimum Gasteiger partial charge on any atom is -0.465 e. The van der Waals surface area contributed by atoms with Crippen LogP contribution < -0.4 is 0 Å². The van der Waals surface area contributed by atoms with E-state index in [9.17, 15) is 18.0 Å². The van der Waals surface area contributed by atoms with Crippen LogP contribution in [0.1, 0.15) is 23.5 Å². The zero-order valence-electron chi connectivity index (χ0n) is 10.5. The molecule has 1 amide bonds. The topological polar surface area (TPSA) is 60.8 Å². The lowest BCUT2D eigenvalue weighted by molar-refractivity contribution is -0.137. The molecule has 1 fully saturated rings. The highest BCUT2D eigenvalue weighted by Gasteiger charge is 2.36. The first-order chi connectivity index (χ1) is 9.32. The zero-order chi connectivity index (χ0) is 14.9. The fourth-order valence-corrected chi connectivity index (χ4v) is 2.51. The molecule has 7 heteroatoms. The molecule has 1 heterocycles. The molecule has 1 unspecified atom stereocenters. The minimum absolute atomic E-state index is 0.186. The van der Waals surface area contributed by atoms with Gasteiger partial charge in [0.05, 0.1) is 18.2 Å². The molecule has 2 atom stereocenters. The molecule has 0 bridgehead atoms. The molecule has 2 rings (SSSR count). The van der Waals surface area contributed by atoms with Crippen molar-refractivity contribution >= 4 is 6.09 Å². The molecule has 1 aliphatic heterocycles. The van der Waals surface area contributed by atoms with Gasteiger partial charge in [0.1, 0.15) is 0 Å². The number of likely N-dealkylation sites (tertiary alicyclic amines) is 1. The summed E-state index contributed by atoms with van der Waals surface area (Å²) in [6, 6.07) is 4.22. The van der Waals surface area contributed by atoms with E-state index < -0.39 is 23.9 Å². The van der Waals surface area contributed by atoms with Crippen molar-refractivity contribution in [1.82, 2.24) is 4.90 Å². The van der Waals surface area contributed by atoms with E-state index in [0.717, 1.165) is 17.0 Å². The van der Waals surface area contributed by atoms with Crippen molar-refractivity contribution in [2.75, 3.05) is 13.2 Å². The highest BCUT2D eigenvalue weighted by atomic mass is 19.4. The number of halogens is 3. The van der Waals surface area contributed by atoms with Gasteiger partial charge in [-0.05, 0) is 24.1 Å². The van der Waals surface area contributed by atoms with Crippen LogP contribution in [0, 0.1) is 0 Å². The summed E-state index contributed by atoms with van der Waals surface area (Å²) >= 11 is 0. The molecule has 4 nitrogen and oxygen atoms in total. The van der Waals surface area contributed by atoms with Crippen LogP contribution in [-0.4, -0.2) is 40.4 Å². The SMILES string of the molecule is O=C(O)N1CC(c2ccc(C(F)(F)F)cc2)C[C@H]1CO. The minimum atomic E-state index is -4.38. The number of aliphatic hydroxyl groups excluding tert-OH is 1. The lowest BCUT2D eigenvalue weighted by Crippen LogP contribution is -2.36. The Bertz CT molecular complexity index is 487. The third kappa shape index (κ3) is 2.87. The normalized spacial score (nSPS) is 23.1. The Hall–Kier alpha value is -1.76. The molecule has 0 saturated carbocycles. The third-order valence-electron chi connectivity index (χ3n) is 3.58. The van der Waals surface area contributed by atoms with Gasteiger partial charge in [-0.15, -0.1) is 0 Å². The lowest BCUT2D eigenvalue weighted by atomic mass is 9.95. The predicted octanol–water partition coefficient (Wildman–Crippen LogP) is 2.53. The standard InChI is InChI=1S/C13H14F3NO3/c14-13(15,16)10-3-1-8(2-4-10)9-5-11(7-18)17(6-9)12(19)20/h1-4,9,11,18H,5-7H2,(H,19,20)/t9?,11-/m0/s1. The van der Waals surface area contributed by atoms with Gasteiger partial charge >= 0.3 is 12.3 Å². The van der Waals surface area contributed by atoms with Gasteiger partial charge in [-0.1, -0.05) is 12.1 Å². The Balaban J connectivity index is 2.15. The fourth-order valence-electron chi connectivity index (χ4n) is 2.51. The van der Waals surface area contributed by atoms with Crippen LogP contribution >= 0.6 is 0 Å². The molecule has 1 aromatic carbocycles. The van der Waals surface area contributed by atoms with Crippen molar-refractivity contribution in [3.63, 3.8) is 0 Å². The van der Waals surface area contributed by atoms with Gasteiger partial charge in [-0.3, -0.25) is 0 Å². The second-order valence-corrected chi connectivity index (χ2v) is 4.82. The van der Waals surface area contributed by atoms with E-state index in [0.29, 0.717) is 12.0 Å². The first kappa shape index (κ1) is 14.6. The molecule has 0 aromatic heterocycles. The summed E-state index contributed by atoms with van der Waals surface area (Å²) in [7, 11) is 0. The highest BCUT2D eigenvalue weighted by Crippen LogP contribution is 2.34. The second kappa shape index (κ2) is 5.32. The van der Waals surface area contributed by atoms with E-state index in [1.165, 1.54) is 12.1 Å². The Morgan fingerprint density at radius 1 is 1.30 bits per heavy atom. The van der Waals surface area contributed by atoms with Crippen molar-refractivity contribution in [3.8, 4) is 0 Å². The van der Waals surface area contributed by atoms with Gasteiger partial charge in [-0.25, -0.2) is 4.79 Å². The van der Waals surface area contributed by atoms with Crippen LogP contribution in [0.25, 0.3) is 0 Å². The Labute approximate surface area is 113 Å².